The lowest BCUT2D eigenvalue weighted by Crippen LogP contribution is -2.15. The fourth-order valence-corrected chi connectivity index (χ4v) is 2.49. The van der Waals surface area contributed by atoms with Crippen molar-refractivity contribution in [1.82, 2.24) is 4.98 Å². The molecule has 2 heterocycles. The zero-order valence-electron chi connectivity index (χ0n) is 8.77. The molecule has 1 aromatic carbocycles. The van der Waals surface area contributed by atoms with Gasteiger partial charge >= 0.3 is 0 Å². The van der Waals surface area contributed by atoms with E-state index in [0.717, 1.165) is 11.3 Å². The second kappa shape index (κ2) is 4.09. The molecule has 0 atom stereocenters. The fourth-order valence-electron chi connectivity index (χ4n) is 1.67. The molecule has 0 saturated carbocycles. The van der Waals surface area contributed by atoms with Crippen LogP contribution in [-0.2, 0) is 0 Å². The highest BCUT2D eigenvalue weighted by Crippen LogP contribution is 2.40. The number of fused-ring (bicyclic) bond motifs is 1. The highest BCUT2D eigenvalue weighted by atomic mass is 35.5. The number of nitrogen functional groups attached to an aromatic ring is 1. The third-order valence-electron chi connectivity index (χ3n) is 2.43. The number of hydrogen-bond acceptors (Lipinski definition) is 5. The van der Waals surface area contributed by atoms with E-state index in [9.17, 15) is 0 Å². The van der Waals surface area contributed by atoms with E-state index in [4.69, 9.17) is 26.8 Å². The summed E-state index contributed by atoms with van der Waals surface area (Å²) in [6, 6.07) is 3.59. The highest BCUT2D eigenvalue weighted by molar-refractivity contribution is 7.13. The van der Waals surface area contributed by atoms with Gasteiger partial charge in [-0.25, -0.2) is 4.98 Å². The first-order valence-corrected chi connectivity index (χ1v) is 6.30. The zero-order valence-corrected chi connectivity index (χ0v) is 10.3. The van der Waals surface area contributed by atoms with Crippen LogP contribution < -0.4 is 15.2 Å². The van der Waals surface area contributed by atoms with Gasteiger partial charge in [-0.1, -0.05) is 11.6 Å². The Morgan fingerprint density at radius 2 is 1.94 bits per heavy atom. The SMILES string of the molecule is Nc1nc(-c2cc3c(cc2Cl)OCCO3)cs1. The lowest BCUT2D eigenvalue weighted by molar-refractivity contribution is 0.171. The van der Waals surface area contributed by atoms with Crippen LogP contribution in [0.4, 0.5) is 5.13 Å². The second-order valence-corrected chi connectivity index (χ2v) is 4.84. The Labute approximate surface area is 107 Å². The predicted octanol–water partition coefficient (Wildman–Crippen LogP) is 2.82. The topological polar surface area (TPSA) is 57.4 Å². The van der Waals surface area contributed by atoms with E-state index in [1.54, 1.807) is 6.07 Å². The van der Waals surface area contributed by atoms with Gasteiger partial charge < -0.3 is 15.2 Å². The smallest absolute Gasteiger partial charge is 0.180 e. The van der Waals surface area contributed by atoms with Crippen LogP contribution in [0.5, 0.6) is 11.5 Å². The van der Waals surface area contributed by atoms with Crippen molar-refractivity contribution in [1.29, 1.82) is 0 Å². The van der Waals surface area contributed by atoms with Gasteiger partial charge in [-0.05, 0) is 6.07 Å². The van der Waals surface area contributed by atoms with Crippen LogP contribution >= 0.6 is 22.9 Å². The Balaban J connectivity index is 2.11. The third-order valence-corrected chi connectivity index (χ3v) is 3.42. The van der Waals surface area contributed by atoms with E-state index in [0.29, 0.717) is 34.9 Å². The monoisotopic (exact) mass is 268 g/mol. The maximum absolute atomic E-state index is 6.19. The molecule has 0 fully saturated rings. The van der Waals surface area contributed by atoms with E-state index < -0.39 is 0 Å². The van der Waals surface area contributed by atoms with Crippen LogP contribution in [0.3, 0.4) is 0 Å². The van der Waals surface area contributed by atoms with Gasteiger partial charge in [-0.15, -0.1) is 11.3 Å². The Hall–Kier alpha value is -1.46. The van der Waals surface area contributed by atoms with Crippen molar-refractivity contribution in [2.24, 2.45) is 0 Å². The number of rotatable bonds is 1. The fraction of sp³-hybridized carbons (Fsp3) is 0.182. The van der Waals surface area contributed by atoms with Gasteiger partial charge in [0.05, 0.1) is 10.7 Å². The van der Waals surface area contributed by atoms with Crippen molar-refractivity contribution in [2.75, 3.05) is 18.9 Å². The second-order valence-electron chi connectivity index (χ2n) is 3.55. The first-order chi connectivity index (χ1) is 8.24. The summed E-state index contributed by atoms with van der Waals surface area (Å²) < 4.78 is 11.0. The molecule has 0 unspecified atom stereocenters. The summed E-state index contributed by atoms with van der Waals surface area (Å²) in [5, 5.41) is 2.97. The molecule has 3 rings (SSSR count). The number of benzene rings is 1. The van der Waals surface area contributed by atoms with E-state index in [1.165, 1.54) is 11.3 Å². The van der Waals surface area contributed by atoms with Crippen LogP contribution in [0, 0.1) is 0 Å². The molecule has 6 heteroatoms. The summed E-state index contributed by atoms with van der Waals surface area (Å²) in [6.07, 6.45) is 0. The number of hydrogen-bond donors (Lipinski definition) is 1. The Bertz CT molecular complexity index is 571. The lowest BCUT2D eigenvalue weighted by atomic mass is 10.1. The molecule has 0 bridgehead atoms. The van der Waals surface area contributed by atoms with Gasteiger partial charge in [0.1, 0.15) is 13.2 Å². The molecule has 2 N–H and O–H groups in total. The van der Waals surface area contributed by atoms with Crippen LogP contribution in [0.15, 0.2) is 17.5 Å². The van der Waals surface area contributed by atoms with Crippen molar-refractivity contribution < 1.29 is 9.47 Å². The summed E-state index contributed by atoms with van der Waals surface area (Å²) in [7, 11) is 0. The zero-order chi connectivity index (χ0) is 11.8. The highest BCUT2D eigenvalue weighted by Gasteiger charge is 2.17. The van der Waals surface area contributed by atoms with Crippen molar-refractivity contribution >= 4 is 28.1 Å². The minimum Gasteiger partial charge on any atom is -0.486 e. The van der Waals surface area contributed by atoms with Crippen molar-refractivity contribution in [3.8, 4) is 22.8 Å². The Morgan fingerprint density at radius 3 is 2.59 bits per heavy atom. The van der Waals surface area contributed by atoms with Gasteiger partial charge in [0, 0.05) is 17.0 Å². The largest absolute Gasteiger partial charge is 0.486 e. The van der Waals surface area contributed by atoms with Crippen molar-refractivity contribution in [3.63, 3.8) is 0 Å². The molecule has 1 aromatic heterocycles. The Morgan fingerprint density at radius 1 is 1.24 bits per heavy atom. The first-order valence-electron chi connectivity index (χ1n) is 5.04. The van der Waals surface area contributed by atoms with Gasteiger partial charge in [0.2, 0.25) is 0 Å². The Kier molecular flexibility index (Phi) is 2.57. The molecule has 88 valence electrons. The lowest BCUT2D eigenvalue weighted by Gasteiger charge is -2.19. The quantitative estimate of drug-likeness (QED) is 0.864. The molecule has 0 radical (unpaired) electrons. The van der Waals surface area contributed by atoms with Crippen molar-refractivity contribution in [2.45, 2.75) is 0 Å². The molecular weight excluding hydrogens is 260 g/mol. The molecule has 1 aliphatic heterocycles. The molecule has 1 aliphatic rings. The number of ether oxygens (including phenoxy) is 2. The van der Waals surface area contributed by atoms with E-state index in [-0.39, 0.29) is 0 Å². The minimum absolute atomic E-state index is 0.519. The number of thiazole rings is 1. The van der Waals surface area contributed by atoms with Crippen LogP contribution in [0.1, 0.15) is 0 Å². The van der Waals surface area contributed by atoms with Crippen LogP contribution in [0.25, 0.3) is 11.3 Å². The summed E-state index contributed by atoms with van der Waals surface area (Å²) in [4.78, 5) is 4.21. The first kappa shape index (κ1) is 10.7. The van der Waals surface area contributed by atoms with Crippen molar-refractivity contribution in [3.05, 3.63) is 22.5 Å². The van der Waals surface area contributed by atoms with Gasteiger partial charge in [0.15, 0.2) is 16.6 Å². The van der Waals surface area contributed by atoms with E-state index in [1.807, 2.05) is 11.4 Å². The molecule has 2 aromatic rings. The maximum atomic E-state index is 6.19. The van der Waals surface area contributed by atoms with E-state index in [2.05, 4.69) is 4.98 Å². The van der Waals surface area contributed by atoms with Gasteiger partial charge in [-0.3, -0.25) is 0 Å². The minimum atomic E-state index is 0.519. The van der Waals surface area contributed by atoms with E-state index >= 15 is 0 Å². The predicted molar refractivity (Wildman–Crippen MR) is 68.0 cm³/mol. The van der Waals surface area contributed by atoms with Gasteiger partial charge in [-0.2, -0.15) is 0 Å². The molecule has 4 nitrogen and oxygen atoms in total. The van der Waals surface area contributed by atoms with Crippen LogP contribution in [-0.4, -0.2) is 18.2 Å². The molecule has 17 heavy (non-hydrogen) atoms. The average molecular weight is 269 g/mol. The molecule has 0 saturated heterocycles. The van der Waals surface area contributed by atoms with Crippen LogP contribution in [0.2, 0.25) is 5.02 Å². The normalized spacial score (nSPS) is 13.7. The maximum Gasteiger partial charge on any atom is 0.180 e. The number of nitrogens with zero attached hydrogens (tertiary/aromatic N) is 1. The summed E-state index contributed by atoms with van der Waals surface area (Å²) in [6.45, 7) is 1.10. The molecule has 0 amide bonds. The number of halogens is 1. The molecular formula is C11H9ClN2O2S. The summed E-state index contributed by atoms with van der Waals surface area (Å²) in [5.41, 5.74) is 7.18. The third kappa shape index (κ3) is 1.92. The summed E-state index contributed by atoms with van der Waals surface area (Å²) >= 11 is 7.57. The number of aromatic nitrogens is 1. The molecule has 0 aliphatic carbocycles. The molecule has 0 spiro atoms. The average Bonchev–Trinajstić information content (AvgIpc) is 2.75. The number of nitrogens with two attached hydrogens (primary N) is 1. The standard InChI is InChI=1S/C11H9ClN2O2S/c12-7-4-10-9(15-1-2-16-10)3-6(7)8-5-17-11(13)14-8/h3-5H,1-2H2,(H2,13,14). The van der Waals surface area contributed by atoms with Gasteiger partial charge in [0.25, 0.3) is 0 Å². The number of anilines is 1. The summed E-state index contributed by atoms with van der Waals surface area (Å²) in [5.74, 6) is 1.37.